The Morgan fingerprint density at radius 1 is 1.19 bits per heavy atom. The standard InChI is InChI=1S/C20H16FN3O2S/c1-13-17-11-18(19(25)23-26-12-14-5-3-2-4-6-14)27-20(17)24(22-13)16-9-7-15(21)8-10-16/h2-11H,12H2,1H3,(H,23,25). The van der Waals surface area contributed by atoms with Crippen molar-refractivity contribution in [1.82, 2.24) is 15.3 Å². The highest BCUT2D eigenvalue weighted by Crippen LogP contribution is 2.30. The summed E-state index contributed by atoms with van der Waals surface area (Å²) in [6.45, 7) is 2.17. The van der Waals surface area contributed by atoms with Crippen LogP contribution in [0.3, 0.4) is 0 Å². The number of halogens is 1. The molecule has 1 amide bonds. The van der Waals surface area contributed by atoms with Gasteiger partial charge in [-0.05, 0) is 42.8 Å². The third kappa shape index (κ3) is 3.60. The third-order valence-electron chi connectivity index (χ3n) is 4.09. The average molecular weight is 381 g/mol. The second-order valence-electron chi connectivity index (χ2n) is 6.01. The molecule has 0 saturated heterocycles. The molecule has 0 radical (unpaired) electrons. The van der Waals surface area contributed by atoms with Crippen LogP contribution in [0.2, 0.25) is 0 Å². The Bertz CT molecular complexity index is 1090. The van der Waals surface area contributed by atoms with Crippen molar-refractivity contribution in [3.63, 3.8) is 0 Å². The molecule has 0 unspecified atom stereocenters. The number of nitrogens with one attached hydrogen (secondary N) is 1. The molecule has 27 heavy (non-hydrogen) atoms. The highest BCUT2D eigenvalue weighted by Gasteiger charge is 2.17. The molecule has 0 fully saturated rings. The summed E-state index contributed by atoms with van der Waals surface area (Å²) in [5.74, 6) is -0.613. The van der Waals surface area contributed by atoms with Gasteiger partial charge in [-0.25, -0.2) is 14.6 Å². The fraction of sp³-hybridized carbons (Fsp3) is 0.100. The van der Waals surface area contributed by atoms with Gasteiger partial charge in [0.05, 0.1) is 22.9 Å². The van der Waals surface area contributed by atoms with Crippen molar-refractivity contribution in [3.8, 4) is 5.69 Å². The lowest BCUT2D eigenvalue weighted by Crippen LogP contribution is -2.22. The Morgan fingerprint density at radius 3 is 2.67 bits per heavy atom. The molecule has 2 heterocycles. The van der Waals surface area contributed by atoms with E-state index in [-0.39, 0.29) is 11.7 Å². The van der Waals surface area contributed by atoms with Gasteiger partial charge in [-0.1, -0.05) is 30.3 Å². The zero-order valence-corrected chi connectivity index (χ0v) is 15.3. The number of benzene rings is 2. The van der Waals surface area contributed by atoms with Gasteiger partial charge in [0.15, 0.2) is 0 Å². The Morgan fingerprint density at radius 2 is 1.93 bits per heavy atom. The first-order valence-corrected chi connectivity index (χ1v) is 9.14. The Hall–Kier alpha value is -3.03. The van der Waals surface area contributed by atoms with E-state index in [0.29, 0.717) is 11.5 Å². The van der Waals surface area contributed by atoms with Crippen molar-refractivity contribution >= 4 is 27.5 Å². The van der Waals surface area contributed by atoms with E-state index in [1.807, 2.05) is 37.3 Å². The van der Waals surface area contributed by atoms with Gasteiger partial charge in [0.25, 0.3) is 5.91 Å². The lowest BCUT2D eigenvalue weighted by molar-refractivity contribution is 0.0237. The maximum absolute atomic E-state index is 13.2. The lowest BCUT2D eigenvalue weighted by Gasteiger charge is -2.04. The molecule has 0 spiro atoms. The fourth-order valence-electron chi connectivity index (χ4n) is 2.73. The van der Waals surface area contributed by atoms with Crippen molar-refractivity contribution in [2.45, 2.75) is 13.5 Å². The molecule has 136 valence electrons. The molecule has 2 aromatic heterocycles. The van der Waals surface area contributed by atoms with E-state index in [2.05, 4.69) is 10.6 Å². The molecule has 0 aliphatic rings. The molecule has 0 atom stereocenters. The summed E-state index contributed by atoms with van der Waals surface area (Å²) in [5, 5.41) is 5.38. The van der Waals surface area contributed by atoms with Crippen LogP contribution >= 0.6 is 11.3 Å². The largest absolute Gasteiger partial charge is 0.285 e. The summed E-state index contributed by atoms with van der Waals surface area (Å²) in [5.41, 5.74) is 4.99. The second kappa shape index (κ2) is 7.30. The van der Waals surface area contributed by atoms with Crippen molar-refractivity contribution < 1.29 is 14.0 Å². The SMILES string of the molecule is Cc1nn(-c2ccc(F)cc2)c2sc(C(=O)NOCc3ccccc3)cc12. The first-order valence-electron chi connectivity index (χ1n) is 8.33. The molecular formula is C20H16FN3O2S. The average Bonchev–Trinajstić information content (AvgIpc) is 3.24. The number of amides is 1. The molecule has 4 rings (SSSR count). The number of hydrogen-bond donors (Lipinski definition) is 1. The zero-order chi connectivity index (χ0) is 18.8. The number of hydroxylamine groups is 1. The number of carbonyl (C=O) groups is 1. The summed E-state index contributed by atoms with van der Waals surface area (Å²) in [7, 11) is 0. The van der Waals surface area contributed by atoms with Crippen LogP contribution in [0.5, 0.6) is 0 Å². The van der Waals surface area contributed by atoms with E-state index in [1.54, 1.807) is 22.9 Å². The van der Waals surface area contributed by atoms with Gasteiger partial charge < -0.3 is 0 Å². The first-order chi connectivity index (χ1) is 13.1. The molecule has 4 aromatic rings. The van der Waals surface area contributed by atoms with Crippen LogP contribution in [0.25, 0.3) is 15.9 Å². The molecule has 2 aromatic carbocycles. The van der Waals surface area contributed by atoms with Crippen LogP contribution in [0.4, 0.5) is 4.39 Å². The lowest BCUT2D eigenvalue weighted by atomic mass is 10.2. The molecule has 0 aliphatic carbocycles. The number of aromatic nitrogens is 2. The van der Waals surface area contributed by atoms with E-state index < -0.39 is 0 Å². The monoisotopic (exact) mass is 381 g/mol. The smallest absolute Gasteiger partial charge is 0.269 e. The van der Waals surface area contributed by atoms with Gasteiger partial charge >= 0.3 is 0 Å². The van der Waals surface area contributed by atoms with Crippen LogP contribution in [-0.4, -0.2) is 15.7 Å². The van der Waals surface area contributed by atoms with Crippen molar-refractivity contribution in [2.24, 2.45) is 0 Å². The number of aryl methyl sites for hydroxylation is 1. The van der Waals surface area contributed by atoms with Gasteiger partial charge in [0.1, 0.15) is 10.6 Å². The number of nitrogens with zero attached hydrogens (tertiary/aromatic N) is 2. The number of thiophene rings is 1. The Kier molecular flexibility index (Phi) is 4.70. The minimum Gasteiger partial charge on any atom is -0.269 e. The van der Waals surface area contributed by atoms with Crippen LogP contribution in [0.15, 0.2) is 60.7 Å². The Labute approximate surface area is 159 Å². The quantitative estimate of drug-likeness (QED) is 0.522. The number of fused-ring (bicyclic) bond motifs is 1. The number of rotatable bonds is 5. The summed E-state index contributed by atoms with van der Waals surface area (Å²) < 4.78 is 14.9. The van der Waals surface area contributed by atoms with Crippen LogP contribution in [-0.2, 0) is 11.4 Å². The van der Waals surface area contributed by atoms with Crippen LogP contribution in [0.1, 0.15) is 20.9 Å². The topological polar surface area (TPSA) is 56.2 Å². The van der Waals surface area contributed by atoms with E-state index in [4.69, 9.17) is 4.84 Å². The van der Waals surface area contributed by atoms with Gasteiger partial charge in [-0.2, -0.15) is 5.10 Å². The maximum Gasteiger partial charge on any atom is 0.285 e. The minimum atomic E-state index is -0.308. The Balaban J connectivity index is 1.53. The summed E-state index contributed by atoms with van der Waals surface area (Å²) in [6, 6.07) is 17.5. The highest BCUT2D eigenvalue weighted by molar-refractivity contribution is 7.20. The minimum absolute atomic E-state index is 0.292. The summed E-state index contributed by atoms with van der Waals surface area (Å²) in [4.78, 5) is 19.1. The summed E-state index contributed by atoms with van der Waals surface area (Å²) >= 11 is 1.31. The predicted molar refractivity (Wildman–Crippen MR) is 102 cm³/mol. The van der Waals surface area contributed by atoms with E-state index in [1.165, 1.54) is 23.5 Å². The molecule has 5 nitrogen and oxygen atoms in total. The number of carbonyl (C=O) groups excluding carboxylic acids is 1. The van der Waals surface area contributed by atoms with Crippen molar-refractivity contribution in [2.75, 3.05) is 0 Å². The van der Waals surface area contributed by atoms with Gasteiger partial charge in [-0.15, -0.1) is 11.3 Å². The zero-order valence-electron chi connectivity index (χ0n) is 14.5. The fourth-order valence-corrected chi connectivity index (χ4v) is 3.79. The normalized spacial score (nSPS) is 11.0. The summed E-state index contributed by atoms with van der Waals surface area (Å²) in [6.07, 6.45) is 0. The second-order valence-corrected chi connectivity index (χ2v) is 7.04. The third-order valence-corrected chi connectivity index (χ3v) is 5.20. The van der Waals surface area contributed by atoms with Gasteiger partial charge in [-0.3, -0.25) is 9.63 Å². The molecule has 1 N–H and O–H groups in total. The van der Waals surface area contributed by atoms with Crippen LogP contribution < -0.4 is 5.48 Å². The predicted octanol–water partition coefficient (Wildman–Crippen LogP) is 4.40. The maximum atomic E-state index is 13.2. The molecule has 0 saturated carbocycles. The van der Waals surface area contributed by atoms with Crippen molar-refractivity contribution in [3.05, 3.63) is 82.6 Å². The van der Waals surface area contributed by atoms with E-state index >= 15 is 0 Å². The van der Waals surface area contributed by atoms with E-state index in [0.717, 1.165) is 27.2 Å². The first kappa shape index (κ1) is 17.4. The molecule has 0 bridgehead atoms. The van der Waals surface area contributed by atoms with Gasteiger partial charge in [0.2, 0.25) is 0 Å². The highest BCUT2D eigenvalue weighted by atomic mass is 32.1. The van der Waals surface area contributed by atoms with Crippen LogP contribution in [0, 0.1) is 12.7 Å². The molecular weight excluding hydrogens is 365 g/mol. The van der Waals surface area contributed by atoms with E-state index in [9.17, 15) is 9.18 Å². The van der Waals surface area contributed by atoms with Gasteiger partial charge in [0, 0.05) is 5.39 Å². The van der Waals surface area contributed by atoms with Crippen molar-refractivity contribution in [1.29, 1.82) is 0 Å². The number of hydrogen-bond acceptors (Lipinski definition) is 4. The molecule has 7 heteroatoms. The molecule has 0 aliphatic heterocycles.